The molecule has 0 unspecified atom stereocenters. The van der Waals surface area contributed by atoms with Gasteiger partial charge in [0.25, 0.3) is 0 Å². The summed E-state index contributed by atoms with van der Waals surface area (Å²) in [6.45, 7) is 6.49. The molecule has 2 aromatic carbocycles. The van der Waals surface area contributed by atoms with Crippen LogP contribution in [0.5, 0.6) is 0 Å². The van der Waals surface area contributed by atoms with Crippen molar-refractivity contribution in [3.05, 3.63) is 65.2 Å². The predicted molar refractivity (Wildman–Crippen MR) is 125 cm³/mol. The standard InChI is InChI=1S/C26H32N4O/c1-17-13-14-30(16-17)22-6-4-5-21(15-22)26(2)23(24(31)29(3)25(27)28-26)20-11-9-19(10-12-20)18-7-8-18/h4-6,9-12,15,17-18,23H,7-8,13-14,16H2,1-3H3,(H2,27,28)/t17-,23+,26-/m1/s1. The van der Waals surface area contributed by atoms with Crippen molar-refractivity contribution in [2.24, 2.45) is 16.6 Å². The number of anilines is 1. The molecule has 3 aliphatic rings. The predicted octanol–water partition coefficient (Wildman–Crippen LogP) is 4.20. The van der Waals surface area contributed by atoms with E-state index in [4.69, 9.17) is 10.7 Å². The van der Waals surface area contributed by atoms with Crippen LogP contribution < -0.4 is 10.6 Å². The van der Waals surface area contributed by atoms with Crippen molar-refractivity contribution in [1.29, 1.82) is 0 Å². The van der Waals surface area contributed by atoms with Crippen LogP contribution in [-0.4, -0.2) is 36.9 Å². The maximum atomic E-state index is 13.5. The van der Waals surface area contributed by atoms with Gasteiger partial charge in [-0.3, -0.25) is 9.69 Å². The van der Waals surface area contributed by atoms with Crippen molar-refractivity contribution >= 4 is 17.6 Å². The highest BCUT2D eigenvalue weighted by atomic mass is 16.2. The van der Waals surface area contributed by atoms with Crippen molar-refractivity contribution < 1.29 is 4.79 Å². The smallest absolute Gasteiger partial charge is 0.239 e. The summed E-state index contributed by atoms with van der Waals surface area (Å²) >= 11 is 0. The molecule has 1 aliphatic carbocycles. The normalized spacial score (nSPS) is 28.7. The molecule has 3 atom stereocenters. The fourth-order valence-electron chi connectivity index (χ4n) is 5.19. The highest BCUT2D eigenvalue weighted by Gasteiger charge is 2.47. The zero-order chi connectivity index (χ0) is 21.8. The molecule has 1 saturated heterocycles. The maximum absolute atomic E-state index is 13.5. The van der Waals surface area contributed by atoms with Gasteiger partial charge in [0.2, 0.25) is 5.91 Å². The second-order valence-electron chi connectivity index (χ2n) is 9.78. The molecule has 1 saturated carbocycles. The van der Waals surface area contributed by atoms with E-state index in [2.05, 4.69) is 67.3 Å². The maximum Gasteiger partial charge on any atom is 0.239 e. The fourth-order valence-corrected chi connectivity index (χ4v) is 5.19. The highest BCUT2D eigenvalue weighted by Crippen LogP contribution is 2.46. The Bertz CT molecular complexity index is 1030. The molecule has 162 valence electrons. The largest absolute Gasteiger partial charge is 0.371 e. The summed E-state index contributed by atoms with van der Waals surface area (Å²) in [5.74, 6) is 1.26. The van der Waals surface area contributed by atoms with Crippen molar-refractivity contribution in [1.82, 2.24) is 4.90 Å². The second-order valence-corrected chi connectivity index (χ2v) is 9.78. The number of carbonyl (C=O) groups excluding carboxylic acids is 1. The molecule has 2 fully saturated rings. The lowest BCUT2D eigenvalue weighted by molar-refractivity contribution is -0.130. The van der Waals surface area contributed by atoms with Gasteiger partial charge in [0.1, 0.15) is 5.54 Å². The first kappa shape index (κ1) is 20.1. The first-order chi connectivity index (χ1) is 14.9. The van der Waals surface area contributed by atoms with Crippen molar-refractivity contribution in [3.63, 3.8) is 0 Å². The Balaban J connectivity index is 1.57. The van der Waals surface area contributed by atoms with Crippen LogP contribution in [0.4, 0.5) is 5.69 Å². The van der Waals surface area contributed by atoms with Crippen molar-refractivity contribution in [2.75, 3.05) is 25.0 Å². The molecule has 1 amide bonds. The summed E-state index contributed by atoms with van der Waals surface area (Å²) in [4.78, 5) is 22.3. The number of hydrogen-bond donors (Lipinski definition) is 1. The number of carbonyl (C=O) groups is 1. The second kappa shape index (κ2) is 7.40. The summed E-state index contributed by atoms with van der Waals surface area (Å²) in [5, 5.41) is 0. The summed E-state index contributed by atoms with van der Waals surface area (Å²) in [6.07, 6.45) is 3.75. The van der Waals surface area contributed by atoms with Gasteiger partial charge in [-0.2, -0.15) is 0 Å². The third kappa shape index (κ3) is 3.50. The monoisotopic (exact) mass is 416 g/mol. The van der Waals surface area contributed by atoms with Crippen LogP contribution in [0.1, 0.15) is 61.6 Å². The van der Waals surface area contributed by atoms with Gasteiger partial charge < -0.3 is 10.6 Å². The molecule has 2 aromatic rings. The van der Waals surface area contributed by atoms with Crippen molar-refractivity contribution in [3.8, 4) is 0 Å². The Kier molecular flexibility index (Phi) is 4.80. The van der Waals surface area contributed by atoms with Gasteiger partial charge in [-0.25, -0.2) is 4.99 Å². The van der Waals surface area contributed by atoms with E-state index in [-0.39, 0.29) is 11.9 Å². The number of rotatable bonds is 4. The number of benzene rings is 2. The van der Waals surface area contributed by atoms with E-state index in [0.717, 1.165) is 24.2 Å². The van der Waals surface area contributed by atoms with Crippen molar-refractivity contribution in [2.45, 2.75) is 50.5 Å². The van der Waals surface area contributed by atoms with Crippen LogP contribution >= 0.6 is 0 Å². The molecular formula is C26H32N4O. The lowest BCUT2D eigenvalue weighted by atomic mass is 9.74. The molecular weight excluding hydrogens is 384 g/mol. The molecule has 0 bridgehead atoms. The number of hydrogen-bond acceptors (Lipinski definition) is 4. The van der Waals surface area contributed by atoms with E-state index in [9.17, 15) is 4.79 Å². The number of aliphatic imine (C=N–C) groups is 1. The van der Waals surface area contributed by atoms with Gasteiger partial charge in [0, 0.05) is 25.8 Å². The van der Waals surface area contributed by atoms with E-state index < -0.39 is 11.5 Å². The lowest BCUT2D eigenvalue weighted by Crippen LogP contribution is -2.52. The summed E-state index contributed by atoms with van der Waals surface area (Å²) in [7, 11) is 1.72. The van der Waals surface area contributed by atoms with E-state index in [1.54, 1.807) is 7.05 Å². The Labute approximate surface area is 184 Å². The SMILES string of the molecule is C[C@@H]1CCN(c2cccc([C@@]3(C)N=C(N)N(C)C(=O)[C@@H]3c3ccc(C4CC4)cc3)c2)C1. The minimum absolute atomic E-state index is 0.00521. The number of amides is 1. The molecule has 2 N–H and O–H groups in total. The zero-order valence-electron chi connectivity index (χ0n) is 18.7. The summed E-state index contributed by atoms with van der Waals surface area (Å²) in [5.41, 5.74) is 10.1. The number of nitrogens with two attached hydrogens (primary N) is 1. The number of nitrogens with zero attached hydrogens (tertiary/aromatic N) is 3. The molecule has 2 heterocycles. The summed E-state index contributed by atoms with van der Waals surface area (Å²) in [6, 6.07) is 17.1. The molecule has 2 aliphatic heterocycles. The third-order valence-electron chi connectivity index (χ3n) is 7.37. The van der Waals surface area contributed by atoms with E-state index in [1.165, 1.54) is 35.4 Å². The van der Waals surface area contributed by atoms with Gasteiger partial charge in [-0.15, -0.1) is 0 Å². The van der Waals surface area contributed by atoms with Crippen LogP contribution in [0.25, 0.3) is 0 Å². The summed E-state index contributed by atoms with van der Waals surface area (Å²) < 4.78 is 0. The minimum Gasteiger partial charge on any atom is -0.371 e. The van der Waals surface area contributed by atoms with Gasteiger partial charge in [0.05, 0.1) is 5.92 Å². The quantitative estimate of drug-likeness (QED) is 0.813. The first-order valence-electron chi connectivity index (χ1n) is 11.4. The zero-order valence-corrected chi connectivity index (χ0v) is 18.7. The average molecular weight is 417 g/mol. The Morgan fingerprint density at radius 2 is 1.77 bits per heavy atom. The van der Waals surface area contributed by atoms with Gasteiger partial charge >= 0.3 is 0 Å². The average Bonchev–Trinajstić information content (AvgIpc) is 3.53. The minimum atomic E-state index is -0.754. The van der Waals surface area contributed by atoms with Crippen LogP contribution in [0.2, 0.25) is 0 Å². The van der Waals surface area contributed by atoms with Crippen LogP contribution in [0.15, 0.2) is 53.5 Å². The van der Waals surface area contributed by atoms with Crippen LogP contribution in [0.3, 0.4) is 0 Å². The van der Waals surface area contributed by atoms with Crippen LogP contribution in [0, 0.1) is 5.92 Å². The highest BCUT2D eigenvalue weighted by molar-refractivity contribution is 6.02. The van der Waals surface area contributed by atoms with E-state index in [0.29, 0.717) is 11.8 Å². The Morgan fingerprint density at radius 1 is 1.06 bits per heavy atom. The molecule has 5 rings (SSSR count). The van der Waals surface area contributed by atoms with Gasteiger partial charge in [-0.05, 0) is 66.8 Å². The molecule has 0 spiro atoms. The topological polar surface area (TPSA) is 61.9 Å². The fraction of sp³-hybridized carbons (Fsp3) is 0.462. The van der Waals surface area contributed by atoms with E-state index >= 15 is 0 Å². The first-order valence-corrected chi connectivity index (χ1v) is 11.4. The lowest BCUT2D eigenvalue weighted by Gasteiger charge is -2.41. The molecule has 5 nitrogen and oxygen atoms in total. The molecule has 0 aromatic heterocycles. The molecule has 31 heavy (non-hydrogen) atoms. The molecule has 5 heteroatoms. The number of guanidine groups is 1. The van der Waals surface area contributed by atoms with Crippen LogP contribution in [-0.2, 0) is 10.3 Å². The third-order valence-corrected chi connectivity index (χ3v) is 7.37. The van der Waals surface area contributed by atoms with Gasteiger partial charge in [-0.1, -0.05) is 43.3 Å². The Morgan fingerprint density at radius 3 is 2.42 bits per heavy atom. The number of likely N-dealkylation sites (N-methyl/N-ethyl adjacent to an activating group) is 1. The van der Waals surface area contributed by atoms with Gasteiger partial charge in [0.15, 0.2) is 5.96 Å². The molecule has 0 radical (unpaired) electrons. The van der Waals surface area contributed by atoms with E-state index in [1.807, 2.05) is 0 Å². The Hall–Kier alpha value is -2.82.